The molecule has 4 fully saturated rings. The Morgan fingerprint density at radius 1 is 1.22 bits per heavy atom. The lowest BCUT2D eigenvalue weighted by atomic mass is 9.48. The molecule has 0 spiro atoms. The van der Waals surface area contributed by atoms with E-state index in [0.717, 1.165) is 22.8 Å². The molecule has 0 radical (unpaired) electrons. The number of nitrogens with two attached hydrogens (primary N) is 1. The highest BCUT2D eigenvalue weighted by atomic mass is 32.1. The average molecular weight is 262 g/mol. The van der Waals surface area contributed by atoms with Gasteiger partial charge in [0.05, 0.1) is 6.04 Å². The normalized spacial score (nSPS) is 43.3. The van der Waals surface area contributed by atoms with Crippen LogP contribution in [0.1, 0.15) is 56.0 Å². The van der Waals surface area contributed by atoms with Crippen molar-refractivity contribution in [2.45, 2.75) is 51.0 Å². The summed E-state index contributed by atoms with van der Waals surface area (Å²) in [6.45, 7) is 0. The van der Waals surface area contributed by atoms with Gasteiger partial charge in [-0.05, 0) is 68.1 Å². The van der Waals surface area contributed by atoms with Gasteiger partial charge in [0.25, 0.3) is 0 Å². The van der Waals surface area contributed by atoms with Gasteiger partial charge in [0, 0.05) is 11.6 Å². The molecule has 1 heterocycles. The number of aromatic nitrogens is 1. The maximum Gasteiger partial charge on any atom is 0.109 e. The first-order valence-electron chi connectivity index (χ1n) is 7.37. The van der Waals surface area contributed by atoms with Crippen molar-refractivity contribution in [3.8, 4) is 0 Å². The molecule has 0 amide bonds. The fourth-order valence-corrected chi connectivity index (χ4v) is 6.15. The van der Waals surface area contributed by atoms with Gasteiger partial charge in [-0.2, -0.15) is 0 Å². The van der Waals surface area contributed by atoms with Crippen molar-refractivity contribution in [3.05, 3.63) is 16.6 Å². The highest BCUT2D eigenvalue weighted by Gasteiger charge is 2.51. The summed E-state index contributed by atoms with van der Waals surface area (Å²) in [5.41, 5.74) is 6.99. The molecule has 0 saturated heterocycles. The van der Waals surface area contributed by atoms with Gasteiger partial charge in [-0.3, -0.25) is 0 Å². The average Bonchev–Trinajstić information content (AvgIpc) is 2.79. The fourth-order valence-electron chi connectivity index (χ4n) is 5.51. The monoisotopic (exact) mass is 262 g/mol. The Morgan fingerprint density at radius 3 is 2.33 bits per heavy atom. The molecule has 5 rings (SSSR count). The van der Waals surface area contributed by atoms with E-state index in [1.807, 2.05) is 6.20 Å². The summed E-state index contributed by atoms with van der Waals surface area (Å²) in [4.78, 5) is 4.41. The topological polar surface area (TPSA) is 38.9 Å². The van der Waals surface area contributed by atoms with Crippen molar-refractivity contribution in [2.24, 2.45) is 28.9 Å². The zero-order valence-corrected chi connectivity index (χ0v) is 11.7. The third-order valence-electron chi connectivity index (χ3n) is 5.59. The van der Waals surface area contributed by atoms with Crippen molar-refractivity contribution in [2.75, 3.05) is 0 Å². The van der Waals surface area contributed by atoms with Gasteiger partial charge in [-0.1, -0.05) is 0 Å². The first-order chi connectivity index (χ1) is 8.72. The number of hydrogen-bond acceptors (Lipinski definition) is 3. The molecule has 1 atom stereocenters. The Bertz CT molecular complexity index is 390. The summed E-state index contributed by atoms with van der Waals surface area (Å²) in [5.74, 6) is 3.08. The molecule has 3 heteroatoms. The van der Waals surface area contributed by atoms with Gasteiger partial charge in [-0.25, -0.2) is 4.98 Å². The molecule has 0 aromatic carbocycles. The third kappa shape index (κ3) is 1.83. The lowest BCUT2D eigenvalue weighted by Crippen LogP contribution is -2.47. The second-order valence-electron chi connectivity index (χ2n) is 7.10. The second-order valence-corrected chi connectivity index (χ2v) is 8.02. The molecular formula is C15H22N2S. The molecule has 4 saturated carbocycles. The van der Waals surface area contributed by atoms with Crippen molar-refractivity contribution in [3.63, 3.8) is 0 Å². The summed E-state index contributed by atoms with van der Waals surface area (Å²) < 4.78 is 0. The molecule has 2 nitrogen and oxygen atoms in total. The summed E-state index contributed by atoms with van der Waals surface area (Å²) in [5, 5.41) is 3.19. The van der Waals surface area contributed by atoms with E-state index >= 15 is 0 Å². The van der Waals surface area contributed by atoms with E-state index in [4.69, 9.17) is 5.73 Å². The largest absolute Gasteiger partial charge is 0.322 e. The molecule has 1 unspecified atom stereocenters. The zero-order chi connectivity index (χ0) is 12.2. The van der Waals surface area contributed by atoms with E-state index < -0.39 is 0 Å². The van der Waals surface area contributed by atoms with Crippen molar-refractivity contribution >= 4 is 11.3 Å². The van der Waals surface area contributed by atoms with Crippen LogP contribution in [0.4, 0.5) is 0 Å². The third-order valence-corrected chi connectivity index (χ3v) is 6.49. The standard InChI is InChI=1S/C15H22N2S/c16-13(14-17-1-2-18-14)9-15-6-10-3-11(7-15)5-12(4-10)8-15/h1-2,10-13H,3-9,16H2. The number of hydrogen-bond donors (Lipinski definition) is 1. The second kappa shape index (κ2) is 4.04. The smallest absolute Gasteiger partial charge is 0.109 e. The van der Waals surface area contributed by atoms with Crippen molar-refractivity contribution in [1.29, 1.82) is 0 Å². The summed E-state index contributed by atoms with van der Waals surface area (Å²) in [6.07, 6.45) is 12.0. The van der Waals surface area contributed by atoms with Crippen LogP contribution < -0.4 is 5.73 Å². The molecule has 18 heavy (non-hydrogen) atoms. The van der Waals surface area contributed by atoms with Crippen LogP contribution in [0.3, 0.4) is 0 Å². The molecule has 4 bridgehead atoms. The minimum atomic E-state index is 0.182. The molecule has 1 aromatic heterocycles. The lowest BCUT2D eigenvalue weighted by Gasteiger charge is -2.57. The van der Waals surface area contributed by atoms with Gasteiger partial charge >= 0.3 is 0 Å². The number of thiazole rings is 1. The van der Waals surface area contributed by atoms with Crippen LogP contribution in [0, 0.1) is 23.2 Å². The van der Waals surface area contributed by atoms with Crippen LogP contribution in [0.25, 0.3) is 0 Å². The van der Waals surface area contributed by atoms with Crippen LogP contribution in [-0.2, 0) is 0 Å². The lowest BCUT2D eigenvalue weighted by molar-refractivity contribution is -0.0605. The molecule has 0 aliphatic heterocycles. The Balaban J connectivity index is 1.54. The Morgan fingerprint density at radius 2 is 1.83 bits per heavy atom. The van der Waals surface area contributed by atoms with E-state index in [1.165, 1.54) is 44.9 Å². The van der Waals surface area contributed by atoms with Crippen LogP contribution in [-0.4, -0.2) is 4.98 Å². The quantitative estimate of drug-likeness (QED) is 0.901. The molecule has 1 aromatic rings. The minimum absolute atomic E-state index is 0.182. The maximum atomic E-state index is 6.41. The van der Waals surface area contributed by atoms with Crippen LogP contribution in [0.2, 0.25) is 0 Å². The van der Waals surface area contributed by atoms with E-state index in [-0.39, 0.29) is 6.04 Å². The number of nitrogens with zero attached hydrogens (tertiary/aromatic N) is 1. The first-order valence-corrected chi connectivity index (χ1v) is 8.25. The summed E-state index contributed by atoms with van der Waals surface area (Å²) in [7, 11) is 0. The molecular weight excluding hydrogens is 240 g/mol. The van der Waals surface area contributed by atoms with Crippen LogP contribution >= 0.6 is 11.3 Å². The number of rotatable bonds is 3. The van der Waals surface area contributed by atoms with Gasteiger partial charge in [-0.15, -0.1) is 11.3 Å². The molecule has 4 aliphatic rings. The SMILES string of the molecule is NC(CC12CC3CC(CC(C3)C1)C2)c1nccs1. The summed E-state index contributed by atoms with van der Waals surface area (Å²) in [6, 6.07) is 0.182. The van der Waals surface area contributed by atoms with Gasteiger partial charge in [0.1, 0.15) is 5.01 Å². The van der Waals surface area contributed by atoms with Crippen molar-refractivity contribution in [1.82, 2.24) is 4.98 Å². The van der Waals surface area contributed by atoms with Crippen molar-refractivity contribution < 1.29 is 0 Å². The predicted molar refractivity (Wildman–Crippen MR) is 74.3 cm³/mol. The Labute approximate surface area is 113 Å². The molecule has 4 aliphatic carbocycles. The van der Waals surface area contributed by atoms with E-state index in [9.17, 15) is 0 Å². The Hall–Kier alpha value is -0.410. The maximum absolute atomic E-state index is 6.41. The van der Waals surface area contributed by atoms with E-state index in [1.54, 1.807) is 11.3 Å². The zero-order valence-electron chi connectivity index (χ0n) is 10.8. The highest BCUT2D eigenvalue weighted by molar-refractivity contribution is 7.09. The summed E-state index contributed by atoms with van der Waals surface area (Å²) >= 11 is 1.72. The van der Waals surface area contributed by atoms with Gasteiger partial charge in [0.15, 0.2) is 0 Å². The predicted octanol–water partition coefficient (Wildman–Crippen LogP) is 3.75. The van der Waals surface area contributed by atoms with Gasteiger partial charge < -0.3 is 5.73 Å². The van der Waals surface area contributed by atoms with Gasteiger partial charge in [0.2, 0.25) is 0 Å². The van der Waals surface area contributed by atoms with E-state index in [0.29, 0.717) is 5.41 Å². The van der Waals surface area contributed by atoms with E-state index in [2.05, 4.69) is 10.4 Å². The first kappa shape index (κ1) is 11.4. The minimum Gasteiger partial charge on any atom is -0.322 e. The molecule has 98 valence electrons. The highest BCUT2D eigenvalue weighted by Crippen LogP contribution is 2.62. The molecule has 2 N–H and O–H groups in total. The van der Waals surface area contributed by atoms with Crippen LogP contribution in [0.5, 0.6) is 0 Å². The Kier molecular flexibility index (Phi) is 2.56. The van der Waals surface area contributed by atoms with Crippen LogP contribution in [0.15, 0.2) is 11.6 Å². The fraction of sp³-hybridized carbons (Fsp3) is 0.800.